The summed E-state index contributed by atoms with van der Waals surface area (Å²) in [6.07, 6.45) is 3.68. The minimum Gasteiger partial charge on any atom is -0.490 e. The number of ether oxygens (including phenoxy) is 1. The van der Waals surface area contributed by atoms with Gasteiger partial charge < -0.3 is 15.0 Å². The second-order valence-corrected chi connectivity index (χ2v) is 4.37. The molecule has 1 rings (SSSR count). The van der Waals surface area contributed by atoms with Crippen molar-refractivity contribution >= 4 is 11.6 Å². The number of anilines is 2. The number of methoxy groups -OCH3 is 1. The Morgan fingerprint density at radius 3 is 2.67 bits per heavy atom. The van der Waals surface area contributed by atoms with Crippen molar-refractivity contribution in [1.29, 1.82) is 0 Å². The van der Waals surface area contributed by atoms with Crippen LogP contribution < -0.4 is 15.0 Å². The van der Waals surface area contributed by atoms with Crippen LogP contribution in [-0.4, -0.2) is 36.7 Å². The van der Waals surface area contributed by atoms with E-state index >= 15 is 0 Å². The number of nitrogens with one attached hydrogen (secondary N) is 1. The van der Waals surface area contributed by atoms with Gasteiger partial charge in [-0.1, -0.05) is 13.8 Å². The fourth-order valence-electron chi connectivity index (χ4n) is 1.66. The second kappa shape index (κ2) is 7.03. The average molecular weight is 252 g/mol. The van der Waals surface area contributed by atoms with Crippen LogP contribution in [0, 0.1) is 0 Å². The molecule has 1 unspecified atom stereocenters. The Morgan fingerprint density at radius 1 is 1.39 bits per heavy atom. The van der Waals surface area contributed by atoms with Crippen LogP contribution in [-0.2, 0) is 0 Å². The van der Waals surface area contributed by atoms with Crippen molar-refractivity contribution in [3.63, 3.8) is 0 Å². The predicted octanol–water partition coefficient (Wildman–Crippen LogP) is 2.54. The maximum absolute atomic E-state index is 5.46. The Balaban J connectivity index is 3.03. The van der Waals surface area contributed by atoms with E-state index in [1.807, 2.05) is 7.05 Å². The van der Waals surface area contributed by atoms with Crippen LogP contribution in [0.3, 0.4) is 0 Å². The van der Waals surface area contributed by atoms with Crippen LogP contribution >= 0.6 is 0 Å². The fourth-order valence-corrected chi connectivity index (χ4v) is 1.66. The third kappa shape index (κ3) is 3.24. The highest BCUT2D eigenvalue weighted by molar-refractivity contribution is 5.64. The van der Waals surface area contributed by atoms with Crippen molar-refractivity contribution < 1.29 is 4.74 Å². The zero-order valence-electron chi connectivity index (χ0n) is 12.0. The summed E-state index contributed by atoms with van der Waals surface area (Å²) >= 11 is 0. The minimum atomic E-state index is 0.410. The van der Waals surface area contributed by atoms with Gasteiger partial charge in [-0.05, 0) is 19.8 Å². The molecule has 1 aromatic heterocycles. The van der Waals surface area contributed by atoms with Gasteiger partial charge >= 0.3 is 0 Å². The SMILES string of the molecule is CCCNc1ncnc(N(C)C(C)CC)c1OC. The van der Waals surface area contributed by atoms with Gasteiger partial charge in [0.15, 0.2) is 11.6 Å². The van der Waals surface area contributed by atoms with Crippen LogP contribution in [0.15, 0.2) is 6.33 Å². The summed E-state index contributed by atoms with van der Waals surface area (Å²) in [6, 6.07) is 0.410. The maximum atomic E-state index is 5.46. The molecule has 0 radical (unpaired) electrons. The van der Waals surface area contributed by atoms with Crippen LogP contribution in [0.1, 0.15) is 33.6 Å². The summed E-state index contributed by atoms with van der Waals surface area (Å²) in [4.78, 5) is 10.7. The molecule has 18 heavy (non-hydrogen) atoms. The maximum Gasteiger partial charge on any atom is 0.204 e. The first kappa shape index (κ1) is 14.5. The van der Waals surface area contributed by atoms with Gasteiger partial charge in [0.25, 0.3) is 0 Å². The lowest BCUT2D eigenvalue weighted by Crippen LogP contribution is -2.29. The molecule has 0 saturated heterocycles. The number of aromatic nitrogens is 2. The normalized spacial score (nSPS) is 12.1. The van der Waals surface area contributed by atoms with Crippen molar-refractivity contribution in [2.24, 2.45) is 0 Å². The van der Waals surface area contributed by atoms with Crippen LogP contribution in [0.4, 0.5) is 11.6 Å². The molecule has 0 bridgehead atoms. The van der Waals surface area contributed by atoms with Crippen LogP contribution in [0.2, 0.25) is 0 Å². The second-order valence-electron chi connectivity index (χ2n) is 4.37. The van der Waals surface area contributed by atoms with E-state index in [1.165, 1.54) is 0 Å². The molecular weight excluding hydrogens is 228 g/mol. The van der Waals surface area contributed by atoms with Gasteiger partial charge in [-0.15, -0.1) is 0 Å². The van der Waals surface area contributed by atoms with E-state index in [0.717, 1.165) is 31.0 Å². The standard InChI is InChI=1S/C13H24N4O/c1-6-8-14-12-11(18-5)13(16-9-15-12)17(4)10(3)7-2/h9-10H,6-8H2,1-5H3,(H,14,15,16). The molecule has 5 heteroatoms. The third-order valence-corrected chi connectivity index (χ3v) is 3.12. The molecular formula is C13H24N4O. The Bertz CT molecular complexity index is 370. The topological polar surface area (TPSA) is 50.3 Å². The lowest BCUT2D eigenvalue weighted by atomic mass is 10.2. The zero-order chi connectivity index (χ0) is 13.5. The van der Waals surface area contributed by atoms with Gasteiger partial charge in [-0.3, -0.25) is 0 Å². The molecule has 0 aliphatic carbocycles. The Labute approximate surface area is 110 Å². The molecule has 0 aliphatic heterocycles. The molecule has 0 amide bonds. The van der Waals surface area contributed by atoms with Gasteiger partial charge in [-0.2, -0.15) is 0 Å². The highest BCUT2D eigenvalue weighted by Crippen LogP contribution is 2.32. The summed E-state index contributed by atoms with van der Waals surface area (Å²) in [6.45, 7) is 7.32. The predicted molar refractivity (Wildman–Crippen MR) is 75.5 cm³/mol. The van der Waals surface area contributed by atoms with Crippen LogP contribution in [0.25, 0.3) is 0 Å². The molecule has 1 N–H and O–H groups in total. The lowest BCUT2D eigenvalue weighted by Gasteiger charge is -2.26. The number of rotatable bonds is 7. The van der Waals surface area contributed by atoms with Gasteiger partial charge in [0.05, 0.1) is 7.11 Å². The van der Waals surface area contributed by atoms with E-state index in [-0.39, 0.29) is 0 Å². The van der Waals surface area contributed by atoms with Crippen molar-refractivity contribution in [3.8, 4) is 5.75 Å². The first-order valence-electron chi connectivity index (χ1n) is 6.51. The summed E-state index contributed by atoms with van der Waals surface area (Å²) in [5.74, 6) is 2.31. The number of hydrogen-bond acceptors (Lipinski definition) is 5. The van der Waals surface area contributed by atoms with Crippen molar-refractivity contribution in [1.82, 2.24) is 9.97 Å². The highest BCUT2D eigenvalue weighted by Gasteiger charge is 2.18. The smallest absolute Gasteiger partial charge is 0.204 e. The molecule has 5 nitrogen and oxygen atoms in total. The number of nitrogens with zero attached hydrogens (tertiary/aromatic N) is 3. The molecule has 102 valence electrons. The van der Waals surface area contributed by atoms with Gasteiger partial charge in [-0.25, -0.2) is 9.97 Å². The molecule has 0 saturated carbocycles. The van der Waals surface area contributed by atoms with E-state index in [1.54, 1.807) is 13.4 Å². The van der Waals surface area contributed by atoms with Crippen molar-refractivity contribution in [2.45, 2.75) is 39.7 Å². The molecule has 0 aliphatic rings. The summed E-state index contributed by atoms with van der Waals surface area (Å²) < 4.78 is 5.46. The zero-order valence-corrected chi connectivity index (χ0v) is 12.0. The van der Waals surface area contributed by atoms with E-state index in [0.29, 0.717) is 11.8 Å². The Kier molecular flexibility index (Phi) is 5.68. The molecule has 0 spiro atoms. The van der Waals surface area contributed by atoms with Gasteiger partial charge in [0.2, 0.25) is 5.75 Å². The van der Waals surface area contributed by atoms with Crippen LogP contribution in [0.5, 0.6) is 5.75 Å². The molecule has 1 heterocycles. The number of hydrogen-bond donors (Lipinski definition) is 1. The fraction of sp³-hybridized carbons (Fsp3) is 0.692. The largest absolute Gasteiger partial charge is 0.490 e. The van der Waals surface area contributed by atoms with E-state index in [2.05, 4.69) is 41.0 Å². The van der Waals surface area contributed by atoms with E-state index < -0.39 is 0 Å². The minimum absolute atomic E-state index is 0.410. The first-order valence-corrected chi connectivity index (χ1v) is 6.51. The highest BCUT2D eigenvalue weighted by atomic mass is 16.5. The first-order chi connectivity index (χ1) is 8.65. The van der Waals surface area contributed by atoms with Crippen molar-refractivity contribution in [2.75, 3.05) is 30.9 Å². The average Bonchev–Trinajstić information content (AvgIpc) is 2.42. The van der Waals surface area contributed by atoms with Gasteiger partial charge in [0.1, 0.15) is 6.33 Å². The Morgan fingerprint density at radius 2 is 2.11 bits per heavy atom. The van der Waals surface area contributed by atoms with E-state index in [9.17, 15) is 0 Å². The third-order valence-electron chi connectivity index (χ3n) is 3.12. The molecule has 0 aromatic carbocycles. The molecule has 0 fully saturated rings. The summed E-state index contributed by atoms with van der Waals surface area (Å²) in [5, 5.41) is 3.26. The lowest BCUT2D eigenvalue weighted by molar-refractivity contribution is 0.411. The summed E-state index contributed by atoms with van der Waals surface area (Å²) in [7, 11) is 3.69. The van der Waals surface area contributed by atoms with E-state index in [4.69, 9.17) is 4.74 Å². The Hall–Kier alpha value is -1.52. The monoisotopic (exact) mass is 252 g/mol. The summed E-state index contributed by atoms with van der Waals surface area (Å²) in [5.41, 5.74) is 0. The molecule has 1 aromatic rings. The quantitative estimate of drug-likeness (QED) is 0.808. The van der Waals surface area contributed by atoms with Crippen molar-refractivity contribution in [3.05, 3.63) is 6.33 Å². The van der Waals surface area contributed by atoms with Gasteiger partial charge in [0, 0.05) is 19.6 Å². The molecule has 1 atom stereocenters.